The van der Waals surface area contributed by atoms with Crippen LogP contribution in [0.25, 0.3) is 0 Å². The predicted octanol–water partition coefficient (Wildman–Crippen LogP) is 5.91. The van der Waals surface area contributed by atoms with Gasteiger partial charge in [0.25, 0.3) is 0 Å². The molecule has 0 amide bonds. The number of unbranched alkanes of at least 4 members (excludes halogenated alkanes) is 8. The second-order valence-electron chi connectivity index (χ2n) is 5.11. The first-order valence-electron chi connectivity index (χ1n) is 8.79. The Kier molecular flexibility index (Phi) is 33.2. The minimum absolute atomic E-state index is 0.129. The Labute approximate surface area is 143 Å². The van der Waals surface area contributed by atoms with Crippen LogP contribution < -0.4 is 0 Å². The Morgan fingerprint density at radius 1 is 0.913 bits per heavy atom. The number of hydrogen-bond acceptors (Lipinski definition) is 2. The summed E-state index contributed by atoms with van der Waals surface area (Å²) in [5.41, 5.74) is 0. The van der Waals surface area contributed by atoms with E-state index >= 15 is 0 Å². The minimum atomic E-state index is -0.659. The van der Waals surface area contributed by atoms with Crippen molar-refractivity contribution in [1.29, 1.82) is 0 Å². The molecule has 0 bridgehead atoms. The number of aliphatic carboxylic acids is 1. The van der Waals surface area contributed by atoms with Crippen molar-refractivity contribution >= 4 is 5.97 Å². The molecule has 0 rings (SSSR count). The molecule has 0 aliphatic rings. The normalized spacial score (nSPS) is 10.0. The molecule has 3 heteroatoms. The van der Waals surface area contributed by atoms with Crippen LogP contribution in [0.15, 0.2) is 37.5 Å². The molecule has 0 radical (unpaired) electrons. The fourth-order valence-electron chi connectivity index (χ4n) is 1.84. The standard InChI is InChI=1S/C12H24O2.C6H10O.C2H4/c1-2-3-4-5-6-7-8-9-10-11-12(13)14;1-2-3-4-5-6-7;1-2/h2-11H2,1H3,(H,13,14);2-5,7H,6H2,1H3;1-2H2. The average Bonchev–Trinajstić information content (AvgIpc) is 2.56. The highest BCUT2D eigenvalue weighted by atomic mass is 16.4. The molecule has 0 spiro atoms. The summed E-state index contributed by atoms with van der Waals surface area (Å²) in [5, 5.41) is 16.6. The van der Waals surface area contributed by atoms with Crippen molar-refractivity contribution in [3.8, 4) is 0 Å². The van der Waals surface area contributed by atoms with E-state index in [0.29, 0.717) is 6.42 Å². The Bertz CT molecular complexity index is 270. The van der Waals surface area contributed by atoms with Gasteiger partial charge in [-0.2, -0.15) is 0 Å². The predicted molar refractivity (Wildman–Crippen MR) is 102 cm³/mol. The Balaban J connectivity index is -0.000000373. The number of rotatable bonds is 12. The van der Waals surface area contributed by atoms with Crippen LogP contribution >= 0.6 is 0 Å². The lowest BCUT2D eigenvalue weighted by molar-refractivity contribution is -0.137. The first kappa shape index (κ1) is 26.5. The molecule has 0 aromatic rings. The second-order valence-corrected chi connectivity index (χ2v) is 5.11. The summed E-state index contributed by atoms with van der Waals surface area (Å²) in [5.74, 6) is -0.659. The molecule has 0 aliphatic heterocycles. The molecule has 136 valence electrons. The van der Waals surface area contributed by atoms with E-state index in [1.807, 2.05) is 19.1 Å². The van der Waals surface area contributed by atoms with Crippen molar-refractivity contribution in [3.05, 3.63) is 37.5 Å². The number of carboxylic acid groups (broad SMARTS) is 1. The van der Waals surface area contributed by atoms with Crippen molar-refractivity contribution < 1.29 is 15.0 Å². The van der Waals surface area contributed by atoms with Crippen molar-refractivity contribution in [3.63, 3.8) is 0 Å². The van der Waals surface area contributed by atoms with E-state index in [9.17, 15) is 4.79 Å². The molecular formula is C20H38O3. The summed E-state index contributed by atoms with van der Waals surface area (Å²) >= 11 is 0. The molecule has 0 aromatic heterocycles. The number of carbonyl (C=O) groups is 1. The third-order valence-corrected chi connectivity index (χ3v) is 3.04. The highest BCUT2D eigenvalue weighted by Crippen LogP contribution is 2.10. The number of allylic oxidation sites excluding steroid dienone is 3. The van der Waals surface area contributed by atoms with E-state index in [4.69, 9.17) is 10.2 Å². The molecule has 0 heterocycles. The van der Waals surface area contributed by atoms with Crippen molar-refractivity contribution in [1.82, 2.24) is 0 Å². The third kappa shape index (κ3) is 38.5. The molecule has 0 unspecified atom stereocenters. The van der Waals surface area contributed by atoms with Gasteiger partial charge in [0.1, 0.15) is 0 Å². The molecule has 3 nitrogen and oxygen atoms in total. The van der Waals surface area contributed by atoms with Gasteiger partial charge >= 0.3 is 5.97 Å². The maximum Gasteiger partial charge on any atom is 0.303 e. The number of aliphatic hydroxyl groups is 1. The second kappa shape index (κ2) is 28.8. The van der Waals surface area contributed by atoms with Gasteiger partial charge < -0.3 is 10.2 Å². The van der Waals surface area contributed by atoms with E-state index in [2.05, 4.69) is 20.1 Å². The Morgan fingerprint density at radius 2 is 1.39 bits per heavy atom. The van der Waals surface area contributed by atoms with Crippen LogP contribution in [0.2, 0.25) is 0 Å². The van der Waals surface area contributed by atoms with E-state index in [-0.39, 0.29) is 6.61 Å². The summed E-state index contributed by atoms with van der Waals surface area (Å²) in [6.45, 7) is 10.3. The van der Waals surface area contributed by atoms with Crippen LogP contribution in [0.4, 0.5) is 0 Å². The molecular weight excluding hydrogens is 288 g/mol. The summed E-state index contributed by atoms with van der Waals surface area (Å²) in [4.78, 5) is 10.2. The van der Waals surface area contributed by atoms with Gasteiger partial charge in [0.05, 0.1) is 6.61 Å². The molecule has 2 N–H and O–H groups in total. The molecule has 0 fully saturated rings. The first-order valence-corrected chi connectivity index (χ1v) is 8.79. The van der Waals surface area contributed by atoms with Crippen LogP contribution in [-0.2, 0) is 4.79 Å². The van der Waals surface area contributed by atoms with Gasteiger partial charge in [0.2, 0.25) is 0 Å². The van der Waals surface area contributed by atoms with Crippen molar-refractivity contribution in [2.45, 2.75) is 78.1 Å². The Hall–Kier alpha value is -1.35. The lowest BCUT2D eigenvalue weighted by Crippen LogP contribution is -1.93. The van der Waals surface area contributed by atoms with Gasteiger partial charge in [0.15, 0.2) is 0 Å². The van der Waals surface area contributed by atoms with Gasteiger partial charge in [-0.25, -0.2) is 0 Å². The molecule has 0 saturated carbocycles. The van der Waals surface area contributed by atoms with E-state index in [1.54, 1.807) is 12.2 Å². The topological polar surface area (TPSA) is 57.5 Å². The van der Waals surface area contributed by atoms with Gasteiger partial charge in [-0.1, -0.05) is 82.6 Å². The van der Waals surface area contributed by atoms with Gasteiger partial charge in [-0.3, -0.25) is 4.79 Å². The zero-order valence-electron chi connectivity index (χ0n) is 15.3. The van der Waals surface area contributed by atoms with Gasteiger partial charge in [-0.15, -0.1) is 13.2 Å². The summed E-state index contributed by atoms with van der Waals surface area (Å²) in [6, 6.07) is 0. The van der Waals surface area contributed by atoms with Crippen LogP contribution in [0.3, 0.4) is 0 Å². The minimum Gasteiger partial charge on any atom is -0.481 e. The average molecular weight is 327 g/mol. The smallest absolute Gasteiger partial charge is 0.303 e. The molecule has 0 saturated heterocycles. The number of hydrogen-bond donors (Lipinski definition) is 2. The van der Waals surface area contributed by atoms with Crippen molar-refractivity contribution in [2.24, 2.45) is 0 Å². The maximum atomic E-state index is 10.2. The first-order chi connectivity index (χ1) is 11.2. The fraction of sp³-hybridized carbons (Fsp3) is 0.650. The van der Waals surface area contributed by atoms with Gasteiger partial charge in [-0.05, 0) is 13.3 Å². The fourth-order valence-corrected chi connectivity index (χ4v) is 1.84. The zero-order valence-corrected chi connectivity index (χ0v) is 15.3. The Morgan fingerprint density at radius 3 is 1.78 bits per heavy atom. The van der Waals surface area contributed by atoms with Crippen LogP contribution in [0.1, 0.15) is 78.1 Å². The quantitative estimate of drug-likeness (QED) is 0.266. The lowest BCUT2D eigenvalue weighted by atomic mass is 10.1. The van der Waals surface area contributed by atoms with E-state index in [0.717, 1.165) is 12.8 Å². The van der Waals surface area contributed by atoms with Crippen LogP contribution in [-0.4, -0.2) is 22.8 Å². The van der Waals surface area contributed by atoms with E-state index in [1.165, 1.54) is 44.9 Å². The van der Waals surface area contributed by atoms with E-state index < -0.39 is 5.97 Å². The summed E-state index contributed by atoms with van der Waals surface area (Å²) in [6.07, 6.45) is 18.7. The molecule has 0 aromatic carbocycles. The zero-order chi connectivity index (χ0) is 18.2. The monoisotopic (exact) mass is 326 g/mol. The highest BCUT2D eigenvalue weighted by molar-refractivity contribution is 5.66. The number of aliphatic hydroxyl groups excluding tert-OH is 1. The molecule has 0 atom stereocenters. The van der Waals surface area contributed by atoms with Crippen LogP contribution in [0, 0.1) is 0 Å². The summed E-state index contributed by atoms with van der Waals surface area (Å²) < 4.78 is 0. The lowest BCUT2D eigenvalue weighted by Gasteiger charge is -2.00. The number of carboxylic acids is 1. The SMILES string of the molecule is C=C.CC=CC=CCO.CCCCCCCCCCCC(=O)O. The van der Waals surface area contributed by atoms with Gasteiger partial charge in [0, 0.05) is 6.42 Å². The summed E-state index contributed by atoms with van der Waals surface area (Å²) in [7, 11) is 0. The maximum absolute atomic E-state index is 10.2. The molecule has 23 heavy (non-hydrogen) atoms. The third-order valence-electron chi connectivity index (χ3n) is 3.04. The van der Waals surface area contributed by atoms with Crippen LogP contribution in [0.5, 0.6) is 0 Å². The highest BCUT2D eigenvalue weighted by Gasteiger charge is 1.96. The molecule has 0 aliphatic carbocycles. The van der Waals surface area contributed by atoms with Crippen molar-refractivity contribution in [2.75, 3.05) is 6.61 Å². The largest absolute Gasteiger partial charge is 0.481 e.